The first-order valence-electron chi connectivity index (χ1n) is 6.15. The van der Waals surface area contributed by atoms with E-state index < -0.39 is 0 Å². The van der Waals surface area contributed by atoms with Crippen molar-refractivity contribution in [2.45, 2.75) is 19.4 Å². The van der Waals surface area contributed by atoms with Gasteiger partial charge in [-0.05, 0) is 24.4 Å². The van der Waals surface area contributed by atoms with Crippen molar-refractivity contribution in [3.05, 3.63) is 52.2 Å². The summed E-state index contributed by atoms with van der Waals surface area (Å²) in [6.07, 6.45) is 0.428. The monoisotopic (exact) mass is 275 g/mol. The van der Waals surface area contributed by atoms with Crippen molar-refractivity contribution in [1.29, 1.82) is 0 Å². The van der Waals surface area contributed by atoms with E-state index in [2.05, 4.69) is 5.32 Å². The number of amides is 1. The number of para-hydroxylation sites is 1. The molecule has 0 spiro atoms. The highest BCUT2D eigenvalue weighted by atomic mass is 32.1. The Morgan fingerprint density at radius 3 is 2.79 bits per heavy atom. The summed E-state index contributed by atoms with van der Waals surface area (Å²) in [5.41, 5.74) is 0.990. The van der Waals surface area contributed by atoms with Gasteiger partial charge in [0.1, 0.15) is 5.75 Å². The fraction of sp³-hybridized carbons (Fsp3) is 0.267. The lowest BCUT2D eigenvalue weighted by Crippen LogP contribution is -2.28. The van der Waals surface area contributed by atoms with Crippen molar-refractivity contribution in [2.75, 3.05) is 7.11 Å². The van der Waals surface area contributed by atoms with Crippen LogP contribution in [0.3, 0.4) is 0 Å². The number of hydrogen-bond acceptors (Lipinski definition) is 3. The standard InChI is InChI=1S/C15H17NO2S/c1-11(13-7-3-4-8-14(13)18-2)16-15(17)10-12-6-5-9-19-12/h3-9,11H,10H2,1-2H3,(H,16,17)/t11-/m0/s1. The van der Waals surface area contributed by atoms with Crippen LogP contribution in [0.1, 0.15) is 23.4 Å². The molecule has 2 rings (SSSR count). The van der Waals surface area contributed by atoms with Gasteiger partial charge in [-0.1, -0.05) is 24.3 Å². The van der Waals surface area contributed by atoms with Crippen LogP contribution >= 0.6 is 11.3 Å². The second-order valence-corrected chi connectivity index (χ2v) is 5.32. The summed E-state index contributed by atoms with van der Waals surface area (Å²) in [4.78, 5) is 13.0. The Morgan fingerprint density at radius 1 is 1.32 bits per heavy atom. The maximum Gasteiger partial charge on any atom is 0.225 e. The van der Waals surface area contributed by atoms with Crippen LogP contribution in [0, 0.1) is 0 Å². The van der Waals surface area contributed by atoms with Gasteiger partial charge in [-0.25, -0.2) is 0 Å². The largest absolute Gasteiger partial charge is 0.496 e. The van der Waals surface area contributed by atoms with Crippen molar-refractivity contribution >= 4 is 17.2 Å². The van der Waals surface area contributed by atoms with E-state index in [9.17, 15) is 4.79 Å². The Balaban J connectivity index is 2.00. The number of benzene rings is 1. The first kappa shape index (κ1) is 13.6. The molecule has 0 aliphatic heterocycles. The number of carbonyl (C=O) groups is 1. The van der Waals surface area contributed by atoms with Crippen molar-refractivity contribution in [1.82, 2.24) is 5.32 Å². The summed E-state index contributed by atoms with van der Waals surface area (Å²) in [5, 5.41) is 4.98. The quantitative estimate of drug-likeness (QED) is 0.910. The van der Waals surface area contributed by atoms with Crippen LogP contribution in [-0.4, -0.2) is 13.0 Å². The van der Waals surface area contributed by atoms with Crippen molar-refractivity contribution < 1.29 is 9.53 Å². The van der Waals surface area contributed by atoms with Crippen molar-refractivity contribution in [3.8, 4) is 5.75 Å². The van der Waals surface area contributed by atoms with Gasteiger partial charge in [-0.3, -0.25) is 4.79 Å². The topological polar surface area (TPSA) is 38.3 Å². The Hall–Kier alpha value is -1.81. The minimum atomic E-state index is -0.0661. The maximum atomic E-state index is 11.9. The molecule has 19 heavy (non-hydrogen) atoms. The predicted molar refractivity (Wildman–Crippen MR) is 77.6 cm³/mol. The Bertz CT molecular complexity index is 537. The van der Waals surface area contributed by atoms with Crippen molar-refractivity contribution in [3.63, 3.8) is 0 Å². The second kappa shape index (κ2) is 6.38. The van der Waals surface area contributed by atoms with E-state index in [1.807, 2.05) is 48.7 Å². The zero-order valence-electron chi connectivity index (χ0n) is 11.1. The number of rotatable bonds is 5. The van der Waals surface area contributed by atoms with Gasteiger partial charge in [-0.15, -0.1) is 11.3 Å². The van der Waals surface area contributed by atoms with E-state index in [4.69, 9.17) is 4.74 Å². The van der Waals surface area contributed by atoms with Crippen LogP contribution in [0.4, 0.5) is 0 Å². The molecule has 0 radical (unpaired) electrons. The smallest absolute Gasteiger partial charge is 0.225 e. The molecule has 2 aromatic rings. The molecule has 0 bridgehead atoms. The van der Waals surface area contributed by atoms with E-state index in [0.717, 1.165) is 16.2 Å². The zero-order valence-corrected chi connectivity index (χ0v) is 11.9. The van der Waals surface area contributed by atoms with Gasteiger partial charge in [0.05, 0.1) is 19.6 Å². The van der Waals surface area contributed by atoms with Crippen LogP contribution in [0.2, 0.25) is 0 Å². The Morgan fingerprint density at radius 2 is 2.11 bits per heavy atom. The lowest BCUT2D eigenvalue weighted by Gasteiger charge is -2.17. The number of nitrogens with one attached hydrogen (secondary N) is 1. The van der Waals surface area contributed by atoms with Crippen LogP contribution < -0.4 is 10.1 Å². The molecule has 3 nitrogen and oxygen atoms in total. The minimum Gasteiger partial charge on any atom is -0.496 e. The third-order valence-corrected chi connectivity index (χ3v) is 3.77. The third kappa shape index (κ3) is 3.58. The second-order valence-electron chi connectivity index (χ2n) is 4.29. The molecular weight excluding hydrogens is 258 g/mol. The number of methoxy groups -OCH3 is 1. The summed E-state index contributed by atoms with van der Waals surface area (Å²) >= 11 is 1.60. The molecule has 0 aliphatic carbocycles. The average molecular weight is 275 g/mol. The van der Waals surface area contributed by atoms with Gasteiger partial charge in [0.2, 0.25) is 5.91 Å². The van der Waals surface area contributed by atoms with Gasteiger partial charge in [0.15, 0.2) is 0 Å². The molecule has 0 saturated carbocycles. The van der Waals surface area contributed by atoms with Crippen LogP contribution in [-0.2, 0) is 11.2 Å². The van der Waals surface area contributed by atoms with Crippen LogP contribution in [0.15, 0.2) is 41.8 Å². The molecule has 0 unspecified atom stereocenters. The SMILES string of the molecule is COc1ccccc1[C@H](C)NC(=O)Cc1cccs1. The number of thiophene rings is 1. The molecule has 4 heteroatoms. The third-order valence-electron chi connectivity index (χ3n) is 2.90. The number of carbonyl (C=O) groups excluding carboxylic acids is 1. The van der Waals surface area contributed by atoms with Gasteiger partial charge >= 0.3 is 0 Å². The zero-order chi connectivity index (χ0) is 13.7. The molecular formula is C15H17NO2S. The normalized spacial score (nSPS) is 11.9. The summed E-state index contributed by atoms with van der Waals surface area (Å²) < 4.78 is 5.30. The molecule has 1 amide bonds. The summed E-state index contributed by atoms with van der Waals surface area (Å²) in [5.74, 6) is 0.826. The van der Waals surface area contributed by atoms with Gasteiger partial charge < -0.3 is 10.1 Å². The Kier molecular flexibility index (Phi) is 4.58. The number of hydrogen-bond donors (Lipinski definition) is 1. The molecule has 0 aliphatic rings. The lowest BCUT2D eigenvalue weighted by atomic mass is 10.1. The maximum absolute atomic E-state index is 11.9. The summed E-state index contributed by atoms with van der Waals surface area (Å²) in [6.45, 7) is 1.96. The van der Waals surface area contributed by atoms with E-state index in [0.29, 0.717) is 6.42 Å². The molecule has 0 fully saturated rings. The first-order chi connectivity index (χ1) is 9.20. The van der Waals surface area contributed by atoms with E-state index in [-0.39, 0.29) is 11.9 Å². The molecule has 1 atom stereocenters. The first-order valence-corrected chi connectivity index (χ1v) is 7.03. The van der Waals surface area contributed by atoms with Gasteiger partial charge in [0.25, 0.3) is 0 Å². The van der Waals surface area contributed by atoms with Gasteiger partial charge in [0, 0.05) is 10.4 Å². The highest BCUT2D eigenvalue weighted by molar-refractivity contribution is 7.10. The molecule has 1 heterocycles. The fourth-order valence-corrected chi connectivity index (χ4v) is 2.67. The van der Waals surface area contributed by atoms with Crippen LogP contribution in [0.25, 0.3) is 0 Å². The van der Waals surface area contributed by atoms with E-state index >= 15 is 0 Å². The van der Waals surface area contributed by atoms with Crippen molar-refractivity contribution in [2.24, 2.45) is 0 Å². The lowest BCUT2D eigenvalue weighted by molar-refractivity contribution is -0.121. The summed E-state index contributed by atoms with van der Waals surface area (Å²) in [6, 6.07) is 11.6. The molecule has 0 saturated heterocycles. The fourth-order valence-electron chi connectivity index (χ4n) is 1.97. The van der Waals surface area contributed by atoms with E-state index in [1.165, 1.54) is 0 Å². The molecule has 1 aromatic carbocycles. The average Bonchev–Trinajstić information content (AvgIpc) is 2.91. The Labute approximate surface area is 117 Å². The molecule has 100 valence electrons. The number of ether oxygens (including phenoxy) is 1. The highest BCUT2D eigenvalue weighted by Gasteiger charge is 2.13. The predicted octanol–water partition coefficient (Wildman–Crippen LogP) is 3.18. The minimum absolute atomic E-state index is 0.0286. The summed E-state index contributed by atoms with van der Waals surface area (Å²) in [7, 11) is 1.64. The van der Waals surface area contributed by atoms with Gasteiger partial charge in [-0.2, -0.15) is 0 Å². The molecule has 1 N–H and O–H groups in total. The highest BCUT2D eigenvalue weighted by Crippen LogP contribution is 2.24. The van der Waals surface area contributed by atoms with E-state index in [1.54, 1.807) is 18.4 Å². The van der Waals surface area contributed by atoms with Crippen LogP contribution in [0.5, 0.6) is 5.75 Å². The molecule has 1 aromatic heterocycles.